The van der Waals surface area contributed by atoms with Crippen molar-refractivity contribution < 1.29 is 18.3 Å². The van der Waals surface area contributed by atoms with E-state index in [-0.39, 0.29) is 10.0 Å². The lowest BCUT2D eigenvalue weighted by molar-refractivity contribution is -0.0490. The van der Waals surface area contributed by atoms with Crippen molar-refractivity contribution in [2.24, 2.45) is 0 Å². The van der Waals surface area contributed by atoms with Crippen LogP contribution in [-0.2, 0) is 0 Å². The minimum atomic E-state index is -3.23. The van der Waals surface area contributed by atoms with E-state index in [4.69, 9.17) is 28.3 Å². The minimum Gasteiger partial charge on any atom is -0.390 e. The van der Waals surface area contributed by atoms with E-state index < -0.39 is 30.9 Å². The molecule has 0 aromatic heterocycles. The molecule has 0 spiro atoms. The van der Waals surface area contributed by atoms with Gasteiger partial charge in [0.15, 0.2) is 0 Å². The van der Waals surface area contributed by atoms with Crippen LogP contribution in [0.25, 0.3) is 0 Å². The van der Waals surface area contributed by atoms with Gasteiger partial charge in [-0.25, -0.2) is 13.2 Å². The van der Waals surface area contributed by atoms with Gasteiger partial charge in [-0.1, -0.05) is 23.2 Å². The van der Waals surface area contributed by atoms with Crippen LogP contribution < -0.4 is 5.32 Å². The van der Waals surface area contributed by atoms with Crippen molar-refractivity contribution in [1.82, 2.24) is 5.32 Å². The van der Waals surface area contributed by atoms with Crippen molar-refractivity contribution in [2.45, 2.75) is 18.9 Å². The Hall–Kier alpha value is -0.490. The molecule has 2 N–H and O–H groups in total. The monoisotopic (exact) mass is 301 g/mol. The number of hydrogen-bond donors (Lipinski definition) is 2. The standard InChI is InChI=1S/C11H12Cl2F3NO/c1-6(17-4-11(15,16)5-18)7-2-10(14)9(13)3-8(7)12/h2-3,6,17-18H,4-5H2,1H3. The van der Waals surface area contributed by atoms with Gasteiger partial charge in [0.05, 0.1) is 11.6 Å². The first-order valence-electron chi connectivity index (χ1n) is 5.13. The second kappa shape index (κ2) is 6.10. The van der Waals surface area contributed by atoms with Crippen molar-refractivity contribution in [2.75, 3.05) is 13.2 Å². The second-order valence-electron chi connectivity index (χ2n) is 3.90. The van der Waals surface area contributed by atoms with Crippen LogP contribution in [-0.4, -0.2) is 24.2 Å². The summed E-state index contributed by atoms with van der Waals surface area (Å²) in [6, 6.07) is 1.72. The maximum absolute atomic E-state index is 13.3. The number of aliphatic hydroxyl groups excluding tert-OH is 1. The Morgan fingerprint density at radius 2 is 1.94 bits per heavy atom. The maximum Gasteiger partial charge on any atom is 0.282 e. The van der Waals surface area contributed by atoms with E-state index in [0.717, 1.165) is 6.07 Å². The summed E-state index contributed by atoms with van der Waals surface area (Å²) in [5.74, 6) is -3.90. The van der Waals surface area contributed by atoms with Crippen LogP contribution in [0, 0.1) is 5.82 Å². The van der Waals surface area contributed by atoms with E-state index in [1.807, 2.05) is 0 Å². The van der Waals surface area contributed by atoms with Crippen LogP contribution in [0.1, 0.15) is 18.5 Å². The van der Waals surface area contributed by atoms with E-state index in [0.29, 0.717) is 5.56 Å². The molecule has 1 atom stereocenters. The van der Waals surface area contributed by atoms with Gasteiger partial charge in [-0.2, -0.15) is 0 Å². The summed E-state index contributed by atoms with van der Waals surface area (Å²) in [6.07, 6.45) is 0. The third kappa shape index (κ3) is 4.02. The SMILES string of the molecule is CC(NCC(F)(F)CO)c1cc(F)c(Cl)cc1Cl. The normalized spacial score (nSPS) is 13.7. The van der Waals surface area contributed by atoms with Crippen LogP contribution >= 0.6 is 23.2 Å². The highest BCUT2D eigenvalue weighted by atomic mass is 35.5. The lowest BCUT2D eigenvalue weighted by Crippen LogP contribution is -2.37. The van der Waals surface area contributed by atoms with Crippen LogP contribution in [0.2, 0.25) is 10.0 Å². The Morgan fingerprint density at radius 3 is 2.50 bits per heavy atom. The fourth-order valence-corrected chi connectivity index (χ4v) is 1.88. The van der Waals surface area contributed by atoms with E-state index in [9.17, 15) is 13.2 Å². The van der Waals surface area contributed by atoms with Gasteiger partial charge in [0.25, 0.3) is 5.92 Å². The fourth-order valence-electron chi connectivity index (χ4n) is 1.34. The average Bonchev–Trinajstić information content (AvgIpc) is 2.31. The molecule has 0 aliphatic heterocycles. The number of halogens is 5. The molecular formula is C11H12Cl2F3NO. The number of nitrogens with one attached hydrogen (secondary N) is 1. The molecular weight excluding hydrogens is 290 g/mol. The van der Waals surface area contributed by atoms with E-state index in [1.54, 1.807) is 6.92 Å². The van der Waals surface area contributed by atoms with E-state index >= 15 is 0 Å². The lowest BCUT2D eigenvalue weighted by atomic mass is 10.1. The fraction of sp³-hybridized carbons (Fsp3) is 0.455. The molecule has 2 nitrogen and oxygen atoms in total. The smallest absolute Gasteiger partial charge is 0.282 e. The number of hydrogen-bond acceptors (Lipinski definition) is 2. The maximum atomic E-state index is 13.3. The second-order valence-corrected chi connectivity index (χ2v) is 4.72. The molecule has 1 unspecified atom stereocenters. The summed E-state index contributed by atoms with van der Waals surface area (Å²) in [4.78, 5) is 0. The van der Waals surface area contributed by atoms with Gasteiger partial charge >= 0.3 is 0 Å². The van der Waals surface area contributed by atoms with Gasteiger partial charge < -0.3 is 10.4 Å². The number of benzene rings is 1. The molecule has 0 aliphatic rings. The molecule has 0 bridgehead atoms. The van der Waals surface area contributed by atoms with Gasteiger partial charge in [0.2, 0.25) is 0 Å². The van der Waals surface area contributed by atoms with Gasteiger partial charge in [-0.15, -0.1) is 0 Å². The minimum absolute atomic E-state index is 0.128. The van der Waals surface area contributed by atoms with Crippen LogP contribution in [0.3, 0.4) is 0 Å². The lowest BCUT2D eigenvalue weighted by Gasteiger charge is -2.20. The first kappa shape index (κ1) is 15.6. The zero-order valence-corrected chi connectivity index (χ0v) is 11.0. The summed E-state index contributed by atoms with van der Waals surface area (Å²) < 4.78 is 38.9. The molecule has 0 radical (unpaired) electrons. The van der Waals surface area contributed by atoms with Gasteiger partial charge in [0, 0.05) is 11.1 Å². The molecule has 0 heterocycles. The first-order chi connectivity index (χ1) is 8.26. The molecule has 18 heavy (non-hydrogen) atoms. The zero-order chi connectivity index (χ0) is 13.9. The zero-order valence-electron chi connectivity index (χ0n) is 9.48. The third-order valence-electron chi connectivity index (χ3n) is 2.40. The predicted octanol–water partition coefficient (Wildman–Crippen LogP) is 3.41. The highest BCUT2D eigenvalue weighted by Gasteiger charge is 2.28. The molecule has 0 fully saturated rings. The van der Waals surface area contributed by atoms with Crippen molar-refractivity contribution >= 4 is 23.2 Å². The Balaban J connectivity index is 2.79. The first-order valence-corrected chi connectivity index (χ1v) is 5.89. The number of rotatable bonds is 5. The van der Waals surface area contributed by atoms with Gasteiger partial charge in [0.1, 0.15) is 12.4 Å². The van der Waals surface area contributed by atoms with Gasteiger partial charge in [-0.05, 0) is 24.6 Å². The van der Waals surface area contributed by atoms with Crippen molar-refractivity contribution in [3.8, 4) is 0 Å². The predicted molar refractivity (Wildman–Crippen MR) is 64.9 cm³/mol. The molecule has 7 heteroatoms. The summed E-state index contributed by atoms with van der Waals surface area (Å²) in [5.41, 5.74) is 0.326. The third-order valence-corrected chi connectivity index (χ3v) is 3.02. The summed E-state index contributed by atoms with van der Waals surface area (Å²) in [7, 11) is 0. The quantitative estimate of drug-likeness (QED) is 0.817. The van der Waals surface area contributed by atoms with E-state index in [1.165, 1.54) is 6.07 Å². The molecule has 1 aromatic rings. The largest absolute Gasteiger partial charge is 0.390 e. The summed E-state index contributed by atoms with van der Waals surface area (Å²) >= 11 is 11.4. The molecule has 1 rings (SSSR count). The highest BCUT2D eigenvalue weighted by molar-refractivity contribution is 6.35. The Labute approximate surface area is 113 Å². The Bertz CT molecular complexity index is 429. The van der Waals surface area contributed by atoms with Crippen LogP contribution in [0.15, 0.2) is 12.1 Å². The average molecular weight is 302 g/mol. The molecule has 102 valence electrons. The Kier molecular flexibility index (Phi) is 5.28. The number of aliphatic hydroxyl groups is 1. The molecule has 1 aromatic carbocycles. The number of alkyl halides is 2. The summed E-state index contributed by atoms with van der Waals surface area (Å²) in [6.45, 7) is -0.428. The van der Waals surface area contributed by atoms with Crippen molar-refractivity contribution in [3.63, 3.8) is 0 Å². The van der Waals surface area contributed by atoms with Crippen molar-refractivity contribution in [3.05, 3.63) is 33.6 Å². The topological polar surface area (TPSA) is 32.3 Å². The molecule has 0 saturated carbocycles. The molecule has 0 amide bonds. The van der Waals surface area contributed by atoms with E-state index in [2.05, 4.69) is 5.32 Å². The van der Waals surface area contributed by atoms with Crippen LogP contribution in [0.5, 0.6) is 0 Å². The molecule has 0 saturated heterocycles. The van der Waals surface area contributed by atoms with Crippen LogP contribution in [0.4, 0.5) is 13.2 Å². The highest BCUT2D eigenvalue weighted by Crippen LogP contribution is 2.28. The molecule has 0 aliphatic carbocycles. The Morgan fingerprint density at radius 1 is 1.33 bits per heavy atom. The summed E-state index contributed by atoms with van der Waals surface area (Å²) in [5, 5.41) is 11.0. The van der Waals surface area contributed by atoms with Gasteiger partial charge in [-0.3, -0.25) is 0 Å². The van der Waals surface area contributed by atoms with Crippen molar-refractivity contribution in [1.29, 1.82) is 0 Å².